The number of nitrogens with zero attached hydrogens (tertiary/aromatic N) is 1. The van der Waals surface area contributed by atoms with Crippen LogP contribution in [0.5, 0.6) is 0 Å². The molecule has 0 saturated carbocycles. The summed E-state index contributed by atoms with van der Waals surface area (Å²) < 4.78 is 5.41. The second-order valence-corrected chi connectivity index (χ2v) is 4.80. The van der Waals surface area contributed by atoms with Crippen molar-refractivity contribution in [1.29, 1.82) is 0 Å². The van der Waals surface area contributed by atoms with Crippen LogP contribution in [0.2, 0.25) is 0 Å². The summed E-state index contributed by atoms with van der Waals surface area (Å²) in [5, 5.41) is 20.2. The number of nitro groups is 1. The Bertz CT molecular complexity index is 956. The molecule has 0 saturated heterocycles. The average molecular weight is 311 g/mol. The number of fused-ring (bicyclic) bond motifs is 1. The van der Waals surface area contributed by atoms with Gasteiger partial charge in [0, 0.05) is 23.1 Å². The molecule has 114 valence electrons. The first-order chi connectivity index (χ1) is 11.0. The Kier molecular flexibility index (Phi) is 3.38. The molecule has 1 aromatic heterocycles. The Labute approximate surface area is 128 Å². The number of non-ortho nitro benzene ring substituents is 1. The van der Waals surface area contributed by atoms with Gasteiger partial charge in [0.1, 0.15) is 5.58 Å². The molecule has 0 atom stereocenters. The molecule has 0 radical (unpaired) electrons. The van der Waals surface area contributed by atoms with Crippen LogP contribution in [-0.2, 0) is 0 Å². The van der Waals surface area contributed by atoms with Gasteiger partial charge < -0.3 is 9.52 Å². The third-order valence-electron chi connectivity index (χ3n) is 3.31. The van der Waals surface area contributed by atoms with E-state index in [0.29, 0.717) is 11.0 Å². The van der Waals surface area contributed by atoms with E-state index in [2.05, 4.69) is 0 Å². The Morgan fingerprint density at radius 2 is 1.83 bits per heavy atom. The molecular formula is C16H9NO6. The number of ketones is 1. The molecule has 3 rings (SSSR count). The van der Waals surface area contributed by atoms with Crippen molar-refractivity contribution in [2.24, 2.45) is 0 Å². The minimum Gasteiger partial charge on any atom is -0.478 e. The summed E-state index contributed by atoms with van der Waals surface area (Å²) in [6, 6.07) is 11.0. The molecule has 3 aromatic rings. The molecule has 0 aliphatic heterocycles. The van der Waals surface area contributed by atoms with Gasteiger partial charge in [-0.25, -0.2) is 4.79 Å². The van der Waals surface area contributed by atoms with Crippen LogP contribution in [0.4, 0.5) is 5.69 Å². The average Bonchev–Trinajstić information content (AvgIpc) is 2.97. The molecule has 7 heteroatoms. The highest BCUT2D eigenvalue weighted by Gasteiger charge is 2.18. The zero-order valence-electron chi connectivity index (χ0n) is 11.6. The van der Waals surface area contributed by atoms with Crippen molar-refractivity contribution in [3.05, 3.63) is 75.5 Å². The Hall–Kier alpha value is -3.48. The summed E-state index contributed by atoms with van der Waals surface area (Å²) in [7, 11) is 0. The quantitative estimate of drug-likeness (QED) is 0.449. The molecule has 1 N–H and O–H groups in total. The van der Waals surface area contributed by atoms with Crippen molar-refractivity contribution in [1.82, 2.24) is 0 Å². The molecule has 2 aromatic carbocycles. The number of furan rings is 1. The van der Waals surface area contributed by atoms with E-state index >= 15 is 0 Å². The van der Waals surface area contributed by atoms with Crippen LogP contribution in [0, 0.1) is 10.1 Å². The van der Waals surface area contributed by atoms with E-state index in [1.807, 2.05) is 0 Å². The summed E-state index contributed by atoms with van der Waals surface area (Å²) >= 11 is 0. The standard InChI is InChI=1S/C16H9NO6/c18-15(9-2-1-3-12(7-9)17(21)22)14-8-11-6-10(16(19)20)4-5-13(11)23-14/h1-8H,(H,19,20). The third kappa shape index (κ3) is 2.67. The lowest BCUT2D eigenvalue weighted by Crippen LogP contribution is -2.00. The highest BCUT2D eigenvalue weighted by molar-refractivity contribution is 6.09. The van der Waals surface area contributed by atoms with Gasteiger partial charge in [-0.2, -0.15) is 0 Å². The molecule has 0 bridgehead atoms. The van der Waals surface area contributed by atoms with Crippen LogP contribution >= 0.6 is 0 Å². The lowest BCUT2D eigenvalue weighted by molar-refractivity contribution is -0.384. The molecular weight excluding hydrogens is 302 g/mol. The normalized spacial score (nSPS) is 10.6. The summed E-state index contributed by atoms with van der Waals surface area (Å²) in [4.78, 5) is 33.5. The fourth-order valence-electron chi connectivity index (χ4n) is 2.19. The van der Waals surface area contributed by atoms with Crippen LogP contribution in [0.25, 0.3) is 11.0 Å². The van der Waals surface area contributed by atoms with Crippen LogP contribution in [0.1, 0.15) is 26.5 Å². The van der Waals surface area contributed by atoms with E-state index in [9.17, 15) is 19.7 Å². The number of carbonyl (C=O) groups is 2. The summed E-state index contributed by atoms with van der Waals surface area (Å²) in [5.41, 5.74) is 0.369. The zero-order valence-corrected chi connectivity index (χ0v) is 11.6. The van der Waals surface area contributed by atoms with Crippen molar-refractivity contribution in [3.63, 3.8) is 0 Å². The lowest BCUT2D eigenvalue weighted by Gasteiger charge is -1.97. The third-order valence-corrected chi connectivity index (χ3v) is 3.31. The maximum absolute atomic E-state index is 12.4. The van der Waals surface area contributed by atoms with Gasteiger partial charge in [-0.3, -0.25) is 14.9 Å². The SMILES string of the molecule is O=C(O)c1ccc2oc(C(=O)c3cccc([N+](=O)[O-])c3)cc2c1. The van der Waals surface area contributed by atoms with Gasteiger partial charge in [-0.05, 0) is 24.3 Å². The van der Waals surface area contributed by atoms with Gasteiger partial charge in [0.2, 0.25) is 5.78 Å². The van der Waals surface area contributed by atoms with Crippen molar-refractivity contribution in [2.45, 2.75) is 0 Å². The van der Waals surface area contributed by atoms with Gasteiger partial charge in [-0.15, -0.1) is 0 Å². The number of aromatic carboxylic acids is 1. The van der Waals surface area contributed by atoms with E-state index in [0.717, 1.165) is 6.07 Å². The smallest absolute Gasteiger partial charge is 0.335 e. The van der Waals surface area contributed by atoms with Crippen LogP contribution in [-0.4, -0.2) is 21.8 Å². The first kappa shape index (κ1) is 14.5. The van der Waals surface area contributed by atoms with Gasteiger partial charge in [0.05, 0.1) is 10.5 Å². The molecule has 0 unspecified atom stereocenters. The van der Waals surface area contributed by atoms with Gasteiger partial charge in [-0.1, -0.05) is 12.1 Å². The van der Waals surface area contributed by atoms with Crippen molar-refractivity contribution < 1.29 is 24.0 Å². The number of carbonyl (C=O) groups excluding carboxylic acids is 1. The Balaban J connectivity index is 2.02. The number of rotatable bonds is 4. The summed E-state index contributed by atoms with van der Waals surface area (Å²) in [6.45, 7) is 0. The largest absolute Gasteiger partial charge is 0.478 e. The summed E-state index contributed by atoms with van der Waals surface area (Å²) in [6.07, 6.45) is 0. The zero-order chi connectivity index (χ0) is 16.6. The first-order valence-corrected chi connectivity index (χ1v) is 6.52. The van der Waals surface area contributed by atoms with Crippen LogP contribution < -0.4 is 0 Å². The van der Waals surface area contributed by atoms with Crippen molar-refractivity contribution in [3.8, 4) is 0 Å². The second kappa shape index (κ2) is 5.38. The fourth-order valence-corrected chi connectivity index (χ4v) is 2.19. The van der Waals surface area contributed by atoms with E-state index in [1.165, 1.54) is 42.5 Å². The molecule has 7 nitrogen and oxygen atoms in total. The predicted molar refractivity (Wildman–Crippen MR) is 79.7 cm³/mol. The molecule has 23 heavy (non-hydrogen) atoms. The van der Waals surface area contributed by atoms with E-state index in [4.69, 9.17) is 9.52 Å². The number of benzene rings is 2. The molecule has 1 heterocycles. The number of nitro benzene ring substituents is 1. The fraction of sp³-hybridized carbons (Fsp3) is 0. The Morgan fingerprint density at radius 1 is 1.04 bits per heavy atom. The van der Waals surface area contributed by atoms with Crippen LogP contribution in [0.15, 0.2) is 52.9 Å². The predicted octanol–water partition coefficient (Wildman–Crippen LogP) is 3.27. The van der Waals surface area contributed by atoms with Crippen LogP contribution in [0.3, 0.4) is 0 Å². The summed E-state index contributed by atoms with van der Waals surface area (Å²) in [5.74, 6) is -1.61. The highest BCUT2D eigenvalue weighted by atomic mass is 16.6. The molecule has 0 aliphatic rings. The monoisotopic (exact) mass is 311 g/mol. The Morgan fingerprint density at radius 3 is 2.52 bits per heavy atom. The van der Waals surface area contributed by atoms with Gasteiger partial charge in [0.15, 0.2) is 5.76 Å². The van der Waals surface area contributed by atoms with Crippen molar-refractivity contribution >= 4 is 28.4 Å². The topological polar surface area (TPSA) is 111 Å². The lowest BCUT2D eigenvalue weighted by atomic mass is 10.1. The minimum atomic E-state index is -1.08. The van der Waals surface area contributed by atoms with E-state index < -0.39 is 16.7 Å². The van der Waals surface area contributed by atoms with Gasteiger partial charge in [0.25, 0.3) is 5.69 Å². The maximum Gasteiger partial charge on any atom is 0.335 e. The number of hydrogen-bond donors (Lipinski definition) is 1. The maximum atomic E-state index is 12.4. The number of hydrogen-bond acceptors (Lipinski definition) is 5. The minimum absolute atomic E-state index is 0.0111. The molecule has 0 amide bonds. The number of carboxylic acids is 1. The van der Waals surface area contributed by atoms with Gasteiger partial charge >= 0.3 is 5.97 Å². The number of carboxylic acid groups (broad SMARTS) is 1. The van der Waals surface area contributed by atoms with Crippen molar-refractivity contribution in [2.75, 3.05) is 0 Å². The molecule has 0 fully saturated rings. The molecule has 0 aliphatic carbocycles. The first-order valence-electron chi connectivity index (χ1n) is 6.52. The second-order valence-electron chi connectivity index (χ2n) is 4.80. The van der Waals surface area contributed by atoms with E-state index in [-0.39, 0.29) is 22.6 Å². The molecule has 0 spiro atoms. The highest BCUT2D eigenvalue weighted by Crippen LogP contribution is 2.24. The van der Waals surface area contributed by atoms with E-state index in [1.54, 1.807) is 0 Å².